The van der Waals surface area contributed by atoms with E-state index in [4.69, 9.17) is 0 Å². The van der Waals surface area contributed by atoms with E-state index in [0.717, 1.165) is 13.0 Å². The lowest BCUT2D eigenvalue weighted by molar-refractivity contribution is 0.481. The van der Waals surface area contributed by atoms with E-state index in [-0.39, 0.29) is 0 Å². The van der Waals surface area contributed by atoms with Gasteiger partial charge in [0, 0.05) is 23.8 Å². The molecule has 2 aromatic rings. The molecule has 0 aliphatic carbocycles. The second kappa shape index (κ2) is 6.50. The standard InChI is InChI=1S/C16H22N2/c1-3-15(18-4-2)9-8-13-6-5-7-14-12-17-11-10-16(13)14/h5-7,10-12,15,18H,3-4,8-9H2,1-2H3. The molecule has 0 radical (unpaired) electrons. The molecule has 0 spiro atoms. The zero-order valence-corrected chi connectivity index (χ0v) is 11.3. The molecule has 1 unspecified atom stereocenters. The lowest BCUT2D eigenvalue weighted by Gasteiger charge is -2.16. The van der Waals surface area contributed by atoms with Crippen LogP contribution in [0, 0.1) is 0 Å². The van der Waals surface area contributed by atoms with Crippen LogP contribution in [-0.2, 0) is 6.42 Å². The Morgan fingerprint density at radius 1 is 1.22 bits per heavy atom. The molecule has 0 saturated carbocycles. The smallest absolute Gasteiger partial charge is 0.0346 e. The van der Waals surface area contributed by atoms with Crippen molar-refractivity contribution in [2.24, 2.45) is 0 Å². The van der Waals surface area contributed by atoms with E-state index in [1.54, 1.807) is 0 Å². The lowest BCUT2D eigenvalue weighted by atomic mass is 9.99. The number of pyridine rings is 1. The summed E-state index contributed by atoms with van der Waals surface area (Å²) < 4.78 is 0. The van der Waals surface area contributed by atoms with Gasteiger partial charge < -0.3 is 5.32 Å². The lowest BCUT2D eigenvalue weighted by Crippen LogP contribution is -2.28. The molecule has 0 bridgehead atoms. The van der Waals surface area contributed by atoms with E-state index in [0.29, 0.717) is 6.04 Å². The minimum Gasteiger partial charge on any atom is -0.314 e. The van der Waals surface area contributed by atoms with Crippen LogP contribution < -0.4 is 5.32 Å². The van der Waals surface area contributed by atoms with Gasteiger partial charge in [0.2, 0.25) is 0 Å². The molecular formula is C16H22N2. The Morgan fingerprint density at radius 3 is 2.89 bits per heavy atom. The van der Waals surface area contributed by atoms with Crippen LogP contribution in [0.15, 0.2) is 36.7 Å². The third-order valence-electron chi connectivity index (χ3n) is 3.52. The molecule has 2 nitrogen and oxygen atoms in total. The minimum atomic E-state index is 0.632. The van der Waals surface area contributed by atoms with Gasteiger partial charge in [0.05, 0.1) is 0 Å². The number of aromatic nitrogens is 1. The SMILES string of the molecule is CCNC(CC)CCc1cccc2cnccc12. The fraction of sp³-hybridized carbons (Fsp3) is 0.438. The van der Waals surface area contributed by atoms with Crippen LogP contribution >= 0.6 is 0 Å². The Labute approximate surface area is 109 Å². The number of fused-ring (bicyclic) bond motifs is 1. The van der Waals surface area contributed by atoms with Crippen molar-refractivity contribution in [1.82, 2.24) is 10.3 Å². The fourth-order valence-corrected chi connectivity index (χ4v) is 2.48. The maximum Gasteiger partial charge on any atom is 0.0346 e. The van der Waals surface area contributed by atoms with E-state index in [2.05, 4.69) is 48.4 Å². The van der Waals surface area contributed by atoms with Gasteiger partial charge in [-0.3, -0.25) is 4.98 Å². The monoisotopic (exact) mass is 242 g/mol. The first-order valence-electron chi connectivity index (χ1n) is 6.90. The van der Waals surface area contributed by atoms with E-state index in [1.165, 1.54) is 29.2 Å². The molecule has 0 aliphatic rings. The van der Waals surface area contributed by atoms with Crippen molar-refractivity contribution in [3.63, 3.8) is 0 Å². The normalized spacial score (nSPS) is 12.8. The summed E-state index contributed by atoms with van der Waals surface area (Å²) in [5, 5.41) is 6.13. The predicted molar refractivity (Wildman–Crippen MR) is 77.8 cm³/mol. The molecule has 2 heteroatoms. The van der Waals surface area contributed by atoms with E-state index < -0.39 is 0 Å². The Morgan fingerprint density at radius 2 is 2.11 bits per heavy atom. The minimum absolute atomic E-state index is 0.632. The summed E-state index contributed by atoms with van der Waals surface area (Å²) in [4.78, 5) is 4.18. The Balaban J connectivity index is 2.11. The number of benzene rings is 1. The molecule has 18 heavy (non-hydrogen) atoms. The predicted octanol–water partition coefficient (Wildman–Crippen LogP) is 3.56. The molecule has 0 amide bonds. The van der Waals surface area contributed by atoms with Crippen LogP contribution in [0.3, 0.4) is 0 Å². The first-order chi connectivity index (χ1) is 8.85. The highest BCUT2D eigenvalue weighted by Gasteiger charge is 2.06. The molecule has 1 heterocycles. The van der Waals surface area contributed by atoms with Crippen LogP contribution in [0.5, 0.6) is 0 Å². The summed E-state index contributed by atoms with van der Waals surface area (Å²) in [5.74, 6) is 0. The van der Waals surface area contributed by atoms with Crippen molar-refractivity contribution >= 4 is 10.8 Å². The zero-order chi connectivity index (χ0) is 12.8. The molecule has 2 rings (SSSR count). The summed E-state index contributed by atoms with van der Waals surface area (Å²) in [6.45, 7) is 5.48. The number of hydrogen-bond donors (Lipinski definition) is 1. The summed E-state index contributed by atoms with van der Waals surface area (Å²) in [7, 11) is 0. The summed E-state index contributed by atoms with van der Waals surface area (Å²) in [6.07, 6.45) is 7.35. The third kappa shape index (κ3) is 3.08. The van der Waals surface area contributed by atoms with Gasteiger partial charge in [0.25, 0.3) is 0 Å². The largest absolute Gasteiger partial charge is 0.314 e. The number of nitrogens with zero attached hydrogens (tertiary/aromatic N) is 1. The molecule has 1 N–H and O–H groups in total. The van der Waals surface area contributed by atoms with Gasteiger partial charge in [-0.05, 0) is 42.8 Å². The van der Waals surface area contributed by atoms with Crippen molar-refractivity contribution in [2.45, 2.75) is 39.2 Å². The number of aryl methyl sites for hydroxylation is 1. The van der Waals surface area contributed by atoms with Gasteiger partial charge in [-0.25, -0.2) is 0 Å². The maximum atomic E-state index is 4.18. The van der Waals surface area contributed by atoms with Gasteiger partial charge in [-0.2, -0.15) is 0 Å². The van der Waals surface area contributed by atoms with Crippen molar-refractivity contribution in [3.05, 3.63) is 42.2 Å². The second-order valence-corrected chi connectivity index (χ2v) is 4.72. The van der Waals surface area contributed by atoms with Crippen molar-refractivity contribution in [2.75, 3.05) is 6.54 Å². The fourth-order valence-electron chi connectivity index (χ4n) is 2.48. The number of hydrogen-bond acceptors (Lipinski definition) is 2. The molecule has 1 aromatic carbocycles. The molecule has 1 atom stereocenters. The van der Waals surface area contributed by atoms with Crippen LogP contribution in [0.1, 0.15) is 32.3 Å². The highest BCUT2D eigenvalue weighted by molar-refractivity contribution is 5.84. The Bertz CT molecular complexity index is 488. The summed E-state index contributed by atoms with van der Waals surface area (Å²) >= 11 is 0. The average molecular weight is 242 g/mol. The summed E-state index contributed by atoms with van der Waals surface area (Å²) in [5.41, 5.74) is 1.44. The van der Waals surface area contributed by atoms with E-state index >= 15 is 0 Å². The van der Waals surface area contributed by atoms with Gasteiger partial charge >= 0.3 is 0 Å². The Kier molecular flexibility index (Phi) is 4.71. The molecule has 0 fully saturated rings. The molecule has 0 saturated heterocycles. The number of rotatable bonds is 6. The molecular weight excluding hydrogens is 220 g/mol. The van der Waals surface area contributed by atoms with Crippen LogP contribution in [0.4, 0.5) is 0 Å². The highest BCUT2D eigenvalue weighted by Crippen LogP contribution is 2.19. The second-order valence-electron chi connectivity index (χ2n) is 4.72. The highest BCUT2D eigenvalue weighted by atomic mass is 14.9. The topological polar surface area (TPSA) is 24.9 Å². The molecule has 1 aromatic heterocycles. The average Bonchev–Trinajstić information content (AvgIpc) is 2.43. The van der Waals surface area contributed by atoms with E-state index in [1.807, 2.05) is 12.4 Å². The molecule has 0 aliphatic heterocycles. The third-order valence-corrected chi connectivity index (χ3v) is 3.52. The first-order valence-corrected chi connectivity index (χ1v) is 6.90. The van der Waals surface area contributed by atoms with Gasteiger partial charge in [-0.15, -0.1) is 0 Å². The van der Waals surface area contributed by atoms with Crippen LogP contribution in [-0.4, -0.2) is 17.6 Å². The van der Waals surface area contributed by atoms with Crippen LogP contribution in [0.25, 0.3) is 10.8 Å². The van der Waals surface area contributed by atoms with E-state index in [9.17, 15) is 0 Å². The van der Waals surface area contributed by atoms with Gasteiger partial charge in [0.15, 0.2) is 0 Å². The van der Waals surface area contributed by atoms with Gasteiger partial charge in [0.1, 0.15) is 0 Å². The molecule has 96 valence electrons. The summed E-state index contributed by atoms with van der Waals surface area (Å²) in [6, 6.07) is 9.26. The van der Waals surface area contributed by atoms with Crippen molar-refractivity contribution in [3.8, 4) is 0 Å². The zero-order valence-electron chi connectivity index (χ0n) is 11.3. The van der Waals surface area contributed by atoms with Crippen molar-refractivity contribution < 1.29 is 0 Å². The first kappa shape index (κ1) is 13.0. The number of nitrogens with one attached hydrogen (secondary N) is 1. The van der Waals surface area contributed by atoms with Gasteiger partial charge in [-0.1, -0.05) is 32.0 Å². The van der Waals surface area contributed by atoms with Crippen molar-refractivity contribution in [1.29, 1.82) is 0 Å². The van der Waals surface area contributed by atoms with Crippen LogP contribution in [0.2, 0.25) is 0 Å². The quantitative estimate of drug-likeness (QED) is 0.838. The Hall–Kier alpha value is -1.41. The maximum absolute atomic E-state index is 4.18.